The van der Waals surface area contributed by atoms with Crippen molar-refractivity contribution in [2.75, 3.05) is 17.2 Å². The summed E-state index contributed by atoms with van der Waals surface area (Å²) in [5, 5.41) is 5.45. The number of urea groups is 1. The molecular weight excluding hydrogens is 354 g/mol. The molecule has 0 bridgehead atoms. The maximum Gasteiger partial charge on any atom is 0.323 e. The summed E-state index contributed by atoms with van der Waals surface area (Å²) in [5.41, 5.74) is 1.73. The largest absolute Gasteiger partial charge is 0.467 e. The predicted molar refractivity (Wildman–Crippen MR) is 108 cm³/mol. The van der Waals surface area contributed by atoms with Crippen LogP contribution < -0.4 is 10.6 Å². The quantitative estimate of drug-likeness (QED) is 0.636. The van der Waals surface area contributed by atoms with Crippen LogP contribution in [0, 0.1) is 12.3 Å². The molecule has 0 aliphatic carbocycles. The summed E-state index contributed by atoms with van der Waals surface area (Å²) in [6, 6.07) is 18.9. The molecule has 6 heteroatoms. The lowest BCUT2D eigenvalue weighted by Gasteiger charge is -2.19. The summed E-state index contributed by atoms with van der Waals surface area (Å²) in [6.07, 6.45) is 6.94. The van der Waals surface area contributed by atoms with Crippen LogP contribution in [0.3, 0.4) is 0 Å². The topological polar surface area (TPSA) is 74.6 Å². The van der Waals surface area contributed by atoms with Gasteiger partial charge in [0, 0.05) is 16.9 Å². The minimum absolute atomic E-state index is 0.166. The Balaban J connectivity index is 1.63. The number of nitrogens with zero attached hydrogens (tertiary/aromatic N) is 1. The molecule has 0 atom stereocenters. The highest BCUT2D eigenvalue weighted by atomic mass is 16.3. The average molecular weight is 373 g/mol. The van der Waals surface area contributed by atoms with Gasteiger partial charge in [-0.25, -0.2) is 4.79 Å². The van der Waals surface area contributed by atoms with Crippen molar-refractivity contribution in [3.8, 4) is 12.3 Å². The van der Waals surface area contributed by atoms with E-state index in [9.17, 15) is 9.59 Å². The van der Waals surface area contributed by atoms with Crippen molar-refractivity contribution in [2.45, 2.75) is 6.54 Å². The summed E-state index contributed by atoms with van der Waals surface area (Å²) < 4.78 is 5.29. The average Bonchev–Trinajstić information content (AvgIpc) is 3.21. The number of nitrogens with one attached hydrogen (secondary N) is 2. The maximum absolute atomic E-state index is 12.7. The van der Waals surface area contributed by atoms with Gasteiger partial charge in [-0.05, 0) is 48.5 Å². The normalized spacial score (nSPS) is 9.96. The van der Waals surface area contributed by atoms with Gasteiger partial charge >= 0.3 is 6.03 Å². The van der Waals surface area contributed by atoms with Gasteiger partial charge in [0.25, 0.3) is 5.91 Å². The summed E-state index contributed by atoms with van der Waals surface area (Å²) in [5.74, 6) is 2.93. The van der Waals surface area contributed by atoms with Gasteiger partial charge in [-0.15, -0.1) is 6.42 Å². The number of para-hydroxylation sites is 1. The third-order valence-corrected chi connectivity index (χ3v) is 3.92. The lowest BCUT2D eigenvalue weighted by atomic mass is 10.1. The first kappa shape index (κ1) is 18.8. The van der Waals surface area contributed by atoms with Crippen LogP contribution in [0.1, 0.15) is 16.1 Å². The van der Waals surface area contributed by atoms with E-state index in [4.69, 9.17) is 10.8 Å². The lowest BCUT2D eigenvalue weighted by molar-refractivity contribution is 0.0755. The Kier molecular flexibility index (Phi) is 6.11. The van der Waals surface area contributed by atoms with E-state index in [1.54, 1.807) is 54.8 Å². The van der Waals surface area contributed by atoms with Gasteiger partial charge in [0.2, 0.25) is 0 Å². The van der Waals surface area contributed by atoms with Crippen LogP contribution >= 0.6 is 0 Å². The first-order chi connectivity index (χ1) is 13.7. The summed E-state index contributed by atoms with van der Waals surface area (Å²) >= 11 is 0. The molecule has 1 heterocycles. The maximum atomic E-state index is 12.7. The predicted octanol–water partition coefficient (Wildman–Crippen LogP) is 4.20. The SMILES string of the molecule is C#CCN(Cc1ccco1)C(=O)c1ccc(NC(=O)Nc2ccccc2)cc1. The van der Waals surface area contributed by atoms with Crippen molar-refractivity contribution < 1.29 is 14.0 Å². The molecule has 0 unspecified atom stereocenters. The molecule has 6 nitrogen and oxygen atoms in total. The fourth-order valence-corrected chi connectivity index (χ4v) is 2.59. The monoisotopic (exact) mass is 373 g/mol. The smallest absolute Gasteiger partial charge is 0.323 e. The molecular formula is C22H19N3O3. The van der Waals surface area contributed by atoms with Gasteiger partial charge in [0.1, 0.15) is 5.76 Å². The van der Waals surface area contributed by atoms with E-state index in [1.807, 2.05) is 18.2 Å². The molecule has 0 radical (unpaired) electrons. The second-order valence-electron chi connectivity index (χ2n) is 5.97. The van der Waals surface area contributed by atoms with Crippen LogP contribution in [0.4, 0.5) is 16.2 Å². The lowest BCUT2D eigenvalue weighted by Crippen LogP contribution is -2.30. The van der Waals surface area contributed by atoms with Gasteiger partial charge < -0.3 is 20.0 Å². The third-order valence-electron chi connectivity index (χ3n) is 3.92. The highest BCUT2D eigenvalue weighted by molar-refractivity contribution is 6.00. The molecule has 0 saturated heterocycles. The van der Waals surface area contributed by atoms with Crippen molar-refractivity contribution in [3.63, 3.8) is 0 Å². The van der Waals surface area contributed by atoms with Crippen LogP contribution in [0.15, 0.2) is 77.4 Å². The molecule has 3 aromatic rings. The molecule has 0 aliphatic rings. The molecule has 1 aromatic heterocycles. The number of amides is 3. The van der Waals surface area contributed by atoms with Crippen LogP contribution in [0.25, 0.3) is 0 Å². The second kappa shape index (κ2) is 9.10. The van der Waals surface area contributed by atoms with Gasteiger partial charge in [-0.2, -0.15) is 0 Å². The first-order valence-corrected chi connectivity index (χ1v) is 8.64. The van der Waals surface area contributed by atoms with Gasteiger partial charge in [0.15, 0.2) is 0 Å². The number of benzene rings is 2. The number of terminal acetylenes is 1. The standard InChI is InChI=1S/C22H19N3O3/c1-2-14-25(16-20-9-6-15-28-20)21(26)17-10-12-19(13-11-17)24-22(27)23-18-7-4-3-5-8-18/h1,3-13,15H,14,16H2,(H2,23,24,27). The Morgan fingerprint density at radius 3 is 2.21 bits per heavy atom. The van der Waals surface area contributed by atoms with E-state index in [1.165, 1.54) is 4.90 Å². The number of rotatable bonds is 6. The molecule has 28 heavy (non-hydrogen) atoms. The van der Waals surface area contributed by atoms with Gasteiger partial charge in [-0.3, -0.25) is 4.79 Å². The molecule has 2 N–H and O–H groups in total. The molecule has 0 saturated carbocycles. The van der Waals surface area contributed by atoms with E-state index in [0.717, 1.165) is 0 Å². The second-order valence-corrected chi connectivity index (χ2v) is 5.97. The first-order valence-electron chi connectivity index (χ1n) is 8.64. The Bertz CT molecular complexity index is 959. The summed E-state index contributed by atoms with van der Waals surface area (Å²) in [4.78, 5) is 26.3. The van der Waals surface area contributed by atoms with E-state index in [2.05, 4.69) is 16.6 Å². The molecule has 140 valence electrons. The minimum Gasteiger partial charge on any atom is -0.467 e. The van der Waals surface area contributed by atoms with Gasteiger partial charge in [-0.1, -0.05) is 24.1 Å². The number of carbonyl (C=O) groups is 2. The number of hydrogen-bond acceptors (Lipinski definition) is 3. The van der Waals surface area contributed by atoms with Crippen LogP contribution in [-0.2, 0) is 6.54 Å². The molecule has 0 spiro atoms. The van der Waals surface area contributed by atoms with Crippen molar-refractivity contribution in [2.24, 2.45) is 0 Å². The van der Waals surface area contributed by atoms with Crippen LogP contribution in [0.2, 0.25) is 0 Å². The summed E-state index contributed by atoms with van der Waals surface area (Å²) in [6.45, 7) is 0.453. The Hall–Kier alpha value is -3.98. The van der Waals surface area contributed by atoms with Gasteiger partial charge in [0.05, 0.1) is 19.4 Å². The van der Waals surface area contributed by atoms with E-state index in [0.29, 0.717) is 22.7 Å². The fraction of sp³-hybridized carbons (Fsp3) is 0.0909. The van der Waals surface area contributed by atoms with Crippen LogP contribution in [-0.4, -0.2) is 23.4 Å². The Morgan fingerprint density at radius 2 is 1.61 bits per heavy atom. The third kappa shape index (κ3) is 5.02. The number of hydrogen-bond donors (Lipinski definition) is 2. The van der Waals surface area contributed by atoms with Crippen molar-refractivity contribution in [1.29, 1.82) is 0 Å². The van der Waals surface area contributed by atoms with E-state index < -0.39 is 0 Å². The van der Waals surface area contributed by atoms with Crippen molar-refractivity contribution in [3.05, 3.63) is 84.3 Å². The Morgan fingerprint density at radius 1 is 0.929 bits per heavy atom. The zero-order valence-corrected chi connectivity index (χ0v) is 15.1. The zero-order valence-electron chi connectivity index (χ0n) is 15.1. The molecule has 0 fully saturated rings. The van der Waals surface area contributed by atoms with E-state index in [-0.39, 0.29) is 25.0 Å². The highest BCUT2D eigenvalue weighted by Crippen LogP contribution is 2.15. The summed E-state index contributed by atoms with van der Waals surface area (Å²) in [7, 11) is 0. The Labute approximate surface area is 163 Å². The zero-order chi connectivity index (χ0) is 19.8. The van der Waals surface area contributed by atoms with Crippen molar-refractivity contribution in [1.82, 2.24) is 4.90 Å². The van der Waals surface area contributed by atoms with Crippen molar-refractivity contribution >= 4 is 23.3 Å². The number of furan rings is 1. The minimum atomic E-state index is -0.364. The molecule has 3 rings (SSSR count). The number of anilines is 2. The number of carbonyl (C=O) groups excluding carboxylic acids is 2. The van der Waals surface area contributed by atoms with Crippen LogP contribution in [0.5, 0.6) is 0 Å². The van der Waals surface area contributed by atoms with E-state index >= 15 is 0 Å². The highest BCUT2D eigenvalue weighted by Gasteiger charge is 2.16. The fourth-order valence-electron chi connectivity index (χ4n) is 2.59. The molecule has 0 aliphatic heterocycles. The molecule has 2 aromatic carbocycles. The molecule has 3 amide bonds.